The minimum atomic E-state index is -0.580. The number of carbonyl (C=O) groups excluding carboxylic acids is 2. The number of hydrogen-bond acceptors (Lipinski definition) is 7. The number of halogens is 1. The van der Waals surface area contributed by atoms with Gasteiger partial charge in [-0.15, -0.1) is 0 Å². The highest BCUT2D eigenvalue weighted by Gasteiger charge is 2.20. The molecule has 38 heavy (non-hydrogen) atoms. The van der Waals surface area contributed by atoms with E-state index < -0.39 is 6.04 Å². The van der Waals surface area contributed by atoms with Gasteiger partial charge in [-0.1, -0.05) is 24.8 Å². The Kier molecular flexibility index (Phi) is 12.7. The van der Waals surface area contributed by atoms with Gasteiger partial charge in [0, 0.05) is 44.9 Å². The highest BCUT2D eigenvalue weighted by Crippen LogP contribution is 2.17. The molecule has 1 aromatic carbocycles. The molecule has 0 fully saturated rings. The lowest BCUT2D eigenvalue weighted by Gasteiger charge is -2.23. The van der Waals surface area contributed by atoms with E-state index in [9.17, 15) is 14.0 Å². The number of nitrogens with one attached hydrogen (secondary N) is 3. The van der Waals surface area contributed by atoms with Crippen molar-refractivity contribution in [2.45, 2.75) is 39.2 Å². The third kappa shape index (κ3) is 10.6. The van der Waals surface area contributed by atoms with E-state index >= 15 is 0 Å². The molecule has 1 aromatic heterocycles. The fourth-order valence-electron chi connectivity index (χ4n) is 3.12. The topological polar surface area (TPSA) is 102 Å². The fraction of sp³-hybridized carbons (Fsp3) is 0.429. The number of rotatable bonds is 13. The molecular weight excluding hydrogens is 485 g/mol. The van der Waals surface area contributed by atoms with Gasteiger partial charge in [0.1, 0.15) is 17.7 Å². The molecule has 0 spiro atoms. The average Bonchev–Trinajstić information content (AvgIpc) is 2.90. The summed E-state index contributed by atoms with van der Waals surface area (Å²) in [6, 6.07) is 5.38. The molecule has 10 heteroatoms. The van der Waals surface area contributed by atoms with Crippen LogP contribution in [-0.4, -0.2) is 78.4 Å². The number of aromatic nitrogens is 2. The lowest BCUT2D eigenvalue weighted by Crippen LogP contribution is -2.45. The molecule has 204 valence electrons. The van der Waals surface area contributed by atoms with E-state index in [2.05, 4.69) is 44.7 Å². The van der Waals surface area contributed by atoms with Crippen molar-refractivity contribution in [3.8, 4) is 11.8 Å². The summed E-state index contributed by atoms with van der Waals surface area (Å²) >= 11 is 0. The fourth-order valence-corrected chi connectivity index (χ4v) is 3.12. The third-order valence-corrected chi connectivity index (χ3v) is 5.47. The molecule has 0 saturated heterocycles. The summed E-state index contributed by atoms with van der Waals surface area (Å²) in [5, 5.41) is 9.19. The number of carbonyl (C=O) groups is 2. The van der Waals surface area contributed by atoms with E-state index in [1.54, 1.807) is 38.4 Å². The summed E-state index contributed by atoms with van der Waals surface area (Å²) in [6.45, 7) is 5.59. The summed E-state index contributed by atoms with van der Waals surface area (Å²) in [7, 11) is 5.45. The molecule has 0 unspecified atom stereocenters. The molecule has 0 aliphatic carbocycles. The Hall–Kier alpha value is -3.97. The molecule has 2 amide bonds. The monoisotopic (exact) mass is 523 g/mol. The Morgan fingerprint density at radius 2 is 1.89 bits per heavy atom. The number of amides is 2. The van der Waals surface area contributed by atoms with Crippen molar-refractivity contribution >= 4 is 29.3 Å². The number of unbranched alkanes of at least 4 members (excludes halogenated alkanes) is 1. The van der Waals surface area contributed by atoms with E-state index in [0.29, 0.717) is 48.9 Å². The van der Waals surface area contributed by atoms with Gasteiger partial charge in [0.2, 0.25) is 17.8 Å². The van der Waals surface area contributed by atoms with Gasteiger partial charge in [0.05, 0.1) is 11.8 Å². The summed E-state index contributed by atoms with van der Waals surface area (Å²) in [6.07, 6.45) is 7.05. The van der Waals surface area contributed by atoms with Gasteiger partial charge in [-0.3, -0.25) is 9.59 Å². The highest BCUT2D eigenvalue weighted by molar-refractivity contribution is 5.92. The Morgan fingerprint density at radius 3 is 2.58 bits per heavy atom. The Labute approximate surface area is 224 Å². The number of likely N-dealkylation sites (N-methyl/N-ethyl adjacent to an activating group) is 2. The molecule has 2 rings (SSSR count). The van der Waals surface area contributed by atoms with E-state index in [4.69, 9.17) is 0 Å². The Bertz CT molecular complexity index is 1140. The molecule has 3 N–H and O–H groups in total. The standard InChI is InChI=1S/C28H38FN7O2/c1-6-17-30-26-22(20-32-28(34-26)33-24-15-13-23(29)14-16-24)11-8-7-9-18-31-27(38)21(2)36(5)25(37)12-10-19-35(3)4/h10,12-16,20-21H,6-7,9,17-19H2,1-5H3,(H,31,38)(H2,30,32,33,34)/b12-10+/t21-/m0/s1. The third-order valence-electron chi connectivity index (χ3n) is 5.47. The second-order valence-electron chi connectivity index (χ2n) is 9.00. The van der Waals surface area contributed by atoms with Crippen LogP contribution in [0.25, 0.3) is 0 Å². The zero-order valence-electron chi connectivity index (χ0n) is 22.8. The summed E-state index contributed by atoms with van der Waals surface area (Å²) < 4.78 is 13.1. The molecule has 0 aliphatic rings. The zero-order valence-corrected chi connectivity index (χ0v) is 22.8. The van der Waals surface area contributed by atoms with Crippen LogP contribution in [-0.2, 0) is 9.59 Å². The predicted octanol–water partition coefficient (Wildman–Crippen LogP) is 3.39. The van der Waals surface area contributed by atoms with Crippen molar-refractivity contribution in [2.75, 3.05) is 51.4 Å². The molecule has 9 nitrogen and oxygen atoms in total. The minimum absolute atomic E-state index is 0.210. The zero-order chi connectivity index (χ0) is 27.9. The largest absolute Gasteiger partial charge is 0.369 e. The van der Waals surface area contributed by atoms with E-state index in [0.717, 1.165) is 13.0 Å². The van der Waals surface area contributed by atoms with Gasteiger partial charge < -0.3 is 25.8 Å². The van der Waals surface area contributed by atoms with Gasteiger partial charge in [-0.05, 0) is 58.1 Å². The first-order chi connectivity index (χ1) is 18.2. The quantitative estimate of drug-likeness (QED) is 0.210. The molecule has 0 bridgehead atoms. The van der Waals surface area contributed by atoms with Gasteiger partial charge in [-0.2, -0.15) is 4.98 Å². The summed E-state index contributed by atoms with van der Waals surface area (Å²) in [5.41, 5.74) is 1.35. The van der Waals surface area contributed by atoms with Crippen molar-refractivity contribution in [2.24, 2.45) is 0 Å². The number of anilines is 3. The average molecular weight is 524 g/mol. The van der Waals surface area contributed by atoms with Crippen LogP contribution in [0.3, 0.4) is 0 Å². The van der Waals surface area contributed by atoms with Gasteiger partial charge in [-0.25, -0.2) is 9.37 Å². The first-order valence-corrected chi connectivity index (χ1v) is 12.7. The Morgan fingerprint density at radius 1 is 1.16 bits per heavy atom. The SMILES string of the molecule is CCCNc1nc(Nc2ccc(F)cc2)ncc1C#CCCCNC(=O)[C@H](C)N(C)C(=O)/C=C/CN(C)C. The smallest absolute Gasteiger partial charge is 0.246 e. The second kappa shape index (κ2) is 16.0. The predicted molar refractivity (Wildman–Crippen MR) is 150 cm³/mol. The molecule has 0 radical (unpaired) electrons. The van der Waals surface area contributed by atoms with Gasteiger partial charge in [0.25, 0.3) is 0 Å². The molecule has 1 atom stereocenters. The molecular formula is C28H38FN7O2. The van der Waals surface area contributed by atoms with Crippen molar-refractivity contribution < 1.29 is 14.0 Å². The van der Waals surface area contributed by atoms with Crippen LogP contribution in [0.5, 0.6) is 0 Å². The first kappa shape index (κ1) is 30.3. The maximum Gasteiger partial charge on any atom is 0.246 e. The maximum absolute atomic E-state index is 13.1. The van der Waals surface area contributed by atoms with Crippen LogP contribution >= 0.6 is 0 Å². The van der Waals surface area contributed by atoms with Crippen LogP contribution in [0.15, 0.2) is 42.6 Å². The molecule has 2 aromatic rings. The minimum Gasteiger partial charge on any atom is -0.369 e. The molecule has 0 aliphatic heterocycles. The number of benzene rings is 1. The van der Waals surface area contributed by atoms with Gasteiger partial charge >= 0.3 is 0 Å². The molecule has 0 saturated carbocycles. The Balaban J connectivity index is 1.87. The van der Waals surface area contributed by atoms with E-state index in [1.165, 1.54) is 23.1 Å². The molecule has 1 heterocycles. The number of hydrogen-bond donors (Lipinski definition) is 3. The van der Waals surface area contributed by atoms with Crippen molar-refractivity contribution in [1.82, 2.24) is 25.1 Å². The summed E-state index contributed by atoms with van der Waals surface area (Å²) in [4.78, 5) is 36.9. The van der Waals surface area contributed by atoms with Crippen LogP contribution in [0, 0.1) is 17.7 Å². The number of nitrogens with zero attached hydrogens (tertiary/aromatic N) is 4. The van der Waals surface area contributed by atoms with Crippen LogP contribution in [0.1, 0.15) is 38.7 Å². The van der Waals surface area contributed by atoms with Crippen LogP contribution in [0.2, 0.25) is 0 Å². The summed E-state index contributed by atoms with van der Waals surface area (Å²) in [5.74, 6) is 6.48. The maximum atomic E-state index is 13.1. The lowest BCUT2D eigenvalue weighted by molar-refractivity contribution is -0.135. The van der Waals surface area contributed by atoms with Gasteiger partial charge in [0.15, 0.2) is 0 Å². The van der Waals surface area contributed by atoms with Crippen molar-refractivity contribution in [3.05, 3.63) is 54.0 Å². The van der Waals surface area contributed by atoms with Crippen LogP contribution < -0.4 is 16.0 Å². The van der Waals surface area contributed by atoms with Crippen molar-refractivity contribution in [3.63, 3.8) is 0 Å². The van der Waals surface area contributed by atoms with Crippen LogP contribution in [0.4, 0.5) is 21.8 Å². The first-order valence-electron chi connectivity index (χ1n) is 12.7. The second-order valence-corrected chi connectivity index (χ2v) is 9.00. The highest BCUT2D eigenvalue weighted by atomic mass is 19.1. The van der Waals surface area contributed by atoms with Crippen molar-refractivity contribution in [1.29, 1.82) is 0 Å². The lowest BCUT2D eigenvalue weighted by atomic mass is 10.2. The van der Waals surface area contributed by atoms with E-state index in [-0.39, 0.29) is 17.6 Å². The van der Waals surface area contributed by atoms with E-state index in [1.807, 2.05) is 19.0 Å². The normalized spacial score (nSPS) is 11.6.